The molecule has 2 aliphatic rings. The minimum absolute atomic E-state index is 0.307. The molecule has 2 fully saturated rings. The van der Waals surface area contributed by atoms with Crippen molar-refractivity contribution in [2.24, 2.45) is 0 Å². The summed E-state index contributed by atoms with van der Waals surface area (Å²) in [4.78, 5) is 17.0. The van der Waals surface area contributed by atoms with Gasteiger partial charge in [0.25, 0.3) is 0 Å². The monoisotopic (exact) mass is 395 g/mol. The Hall–Kier alpha value is -2.46. The molecule has 0 radical (unpaired) electrons. The van der Waals surface area contributed by atoms with Crippen molar-refractivity contribution in [3.63, 3.8) is 0 Å². The second-order valence-corrected chi connectivity index (χ2v) is 6.57. The van der Waals surface area contributed by atoms with Gasteiger partial charge >= 0.3 is 6.18 Å². The number of halogens is 3. The fraction of sp³-hybridized carbons (Fsp3) is 0.500. The Kier molecular flexibility index (Phi) is 5.31. The summed E-state index contributed by atoms with van der Waals surface area (Å²) in [6.45, 7) is 4.88. The van der Waals surface area contributed by atoms with Crippen molar-refractivity contribution >= 4 is 11.8 Å². The van der Waals surface area contributed by atoms with Gasteiger partial charge in [-0.1, -0.05) is 0 Å². The van der Waals surface area contributed by atoms with E-state index in [2.05, 4.69) is 19.9 Å². The van der Waals surface area contributed by atoms with Crippen LogP contribution in [0.25, 0.3) is 11.3 Å². The third kappa shape index (κ3) is 4.17. The molecular formula is C18H20F3N5O2. The first kappa shape index (κ1) is 18.9. The van der Waals surface area contributed by atoms with E-state index in [9.17, 15) is 13.2 Å². The number of rotatable bonds is 3. The molecule has 0 unspecified atom stereocenters. The van der Waals surface area contributed by atoms with Crippen LogP contribution in [0.2, 0.25) is 0 Å². The highest BCUT2D eigenvalue weighted by molar-refractivity contribution is 5.65. The van der Waals surface area contributed by atoms with E-state index in [-0.39, 0.29) is 0 Å². The first-order chi connectivity index (χ1) is 13.5. The van der Waals surface area contributed by atoms with Gasteiger partial charge in [0, 0.05) is 50.2 Å². The zero-order chi connectivity index (χ0) is 19.6. The minimum Gasteiger partial charge on any atom is -0.378 e. The molecule has 4 rings (SSSR count). The molecule has 150 valence electrons. The van der Waals surface area contributed by atoms with Gasteiger partial charge in [-0.25, -0.2) is 4.98 Å². The maximum absolute atomic E-state index is 13.1. The third-order valence-corrected chi connectivity index (χ3v) is 4.69. The van der Waals surface area contributed by atoms with Gasteiger partial charge in [-0.3, -0.25) is 4.98 Å². The van der Waals surface area contributed by atoms with E-state index in [0.29, 0.717) is 75.6 Å². The Labute approximate surface area is 160 Å². The topological polar surface area (TPSA) is 63.6 Å². The Morgan fingerprint density at radius 1 is 0.821 bits per heavy atom. The average molecular weight is 395 g/mol. The summed E-state index contributed by atoms with van der Waals surface area (Å²) in [7, 11) is 0. The fourth-order valence-corrected chi connectivity index (χ4v) is 3.16. The predicted molar refractivity (Wildman–Crippen MR) is 96.3 cm³/mol. The Morgan fingerprint density at radius 3 is 2.11 bits per heavy atom. The molecule has 7 nitrogen and oxygen atoms in total. The summed E-state index contributed by atoms with van der Waals surface area (Å²) in [5.74, 6) is 1.16. The second-order valence-electron chi connectivity index (χ2n) is 6.57. The van der Waals surface area contributed by atoms with E-state index >= 15 is 0 Å². The number of alkyl halides is 3. The molecule has 0 bridgehead atoms. The maximum atomic E-state index is 13.1. The quantitative estimate of drug-likeness (QED) is 0.790. The standard InChI is InChI=1S/C18H20F3N5O2/c19-18(20,21)14-9-13(11-22-12-14)15-10-16(25-1-5-27-6-2-25)24-17(23-15)26-3-7-28-8-4-26/h9-12H,1-8H2. The number of anilines is 2. The second kappa shape index (κ2) is 7.88. The molecule has 0 atom stereocenters. The van der Waals surface area contributed by atoms with Crippen LogP contribution in [0.15, 0.2) is 24.5 Å². The minimum atomic E-state index is -4.46. The SMILES string of the molecule is FC(F)(F)c1cncc(-c2cc(N3CCOCC3)nc(N3CCOCC3)n2)c1. The molecule has 2 aliphatic heterocycles. The lowest BCUT2D eigenvalue weighted by Crippen LogP contribution is -2.39. The summed E-state index contributed by atoms with van der Waals surface area (Å²) < 4.78 is 50.1. The van der Waals surface area contributed by atoms with E-state index in [1.807, 2.05) is 4.90 Å². The highest BCUT2D eigenvalue weighted by Crippen LogP contribution is 2.32. The maximum Gasteiger partial charge on any atom is 0.417 e. The summed E-state index contributed by atoms with van der Waals surface area (Å²) >= 11 is 0. The van der Waals surface area contributed by atoms with Crippen LogP contribution in [0.5, 0.6) is 0 Å². The molecule has 4 heterocycles. The Morgan fingerprint density at radius 2 is 1.46 bits per heavy atom. The van der Waals surface area contributed by atoms with Crippen molar-refractivity contribution in [1.29, 1.82) is 0 Å². The lowest BCUT2D eigenvalue weighted by Gasteiger charge is -2.31. The van der Waals surface area contributed by atoms with Gasteiger partial charge in [-0.2, -0.15) is 18.2 Å². The molecule has 28 heavy (non-hydrogen) atoms. The van der Waals surface area contributed by atoms with Crippen LogP contribution in [0.1, 0.15) is 5.56 Å². The first-order valence-corrected chi connectivity index (χ1v) is 9.08. The molecule has 0 aromatic carbocycles. The van der Waals surface area contributed by atoms with E-state index in [0.717, 1.165) is 12.3 Å². The highest BCUT2D eigenvalue weighted by atomic mass is 19.4. The van der Waals surface area contributed by atoms with E-state index in [4.69, 9.17) is 9.47 Å². The molecule has 2 aromatic rings. The molecule has 0 aliphatic carbocycles. The molecule has 0 saturated carbocycles. The number of hydrogen-bond donors (Lipinski definition) is 0. The third-order valence-electron chi connectivity index (χ3n) is 4.69. The molecule has 0 spiro atoms. The Bertz CT molecular complexity index is 785. The summed E-state index contributed by atoms with van der Waals surface area (Å²) in [5, 5.41) is 0. The van der Waals surface area contributed by atoms with E-state index in [1.54, 1.807) is 6.07 Å². The number of nitrogens with zero attached hydrogens (tertiary/aromatic N) is 5. The van der Waals surface area contributed by atoms with Gasteiger partial charge in [0.15, 0.2) is 0 Å². The van der Waals surface area contributed by atoms with Crippen LogP contribution in [0, 0.1) is 0 Å². The number of pyridine rings is 1. The fourth-order valence-electron chi connectivity index (χ4n) is 3.16. The zero-order valence-electron chi connectivity index (χ0n) is 15.2. The molecule has 2 saturated heterocycles. The van der Waals surface area contributed by atoms with Crippen LogP contribution in [-0.4, -0.2) is 67.6 Å². The normalized spacial score (nSPS) is 18.4. The highest BCUT2D eigenvalue weighted by Gasteiger charge is 2.31. The number of ether oxygens (including phenoxy) is 2. The van der Waals surface area contributed by atoms with E-state index < -0.39 is 11.7 Å². The number of hydrogen-bond acceptors (Lipinski definition) is 7. The van der Waals surface area contributed by atoms with Crippen LogP contribution < -0.4 is 9.80 Å². The van der Waals surface area contributed by atoms with Crippen molar-refractivity contribution in [2.75, 3.05) is 62.4 Å². The summed E-state index contributed by atoms with van der Waals surface area (Å²) in [6, 6.07) is 2.79. The first-order valence-electron chi connectivity index (χ1n) is 9.08. The Balaban J connectivity index is 1.75. The van der Waals surface area contributed by atoms with Crippen molar-refractivity contribution < 1.29 is 22.6 Å². The van der Waals surface area contributed by atoms with Gasteiger partial charge in [-0.15, -0.1) is 0 Å². The molecule has 10 heteroatoms. The van der Waals surface area contributed by atoms with Crippen LogP contribution >= 0.6 is 0 Å². The average Bonchev–Trinajstić information content (AvgIpc) is 2.74. The molecular weight excluding hydrogens is 375 g/mol. The van der Waals surface area contributed by atoms with Crippen molar-refractivity contribution in [1.82, 2.24) is 15.0 Å². The zero-order valence-corrected chi connectivity index (χ0v) is 15.2. The molecule has 0 amide bonds. The largest absolute Gasteiger partial charge is 0.417 e. The van der Waals surface area contributed by atoms with Crippen molar-refractivity contribution in [3.8, 4) is 11.3 Å². The van der Waals surface area contributed by atoms with Gasteiger partial charge in [0.1, 0.15) is 5.82 Å². The predicted octanol–water partition coefficient (Wildman–Crippen LogP) is 2.23. The smallest absolute Gasteiger partial charge is 0.378 e. The van der Waals surface area contributed by atoms with Crippen molar-refractivity contribution in [3.05, 3.63) is 30.1 Å². The molecule has 2 aromatic heterocycles. The van der Waals surface area contributed by atoms with Crippen LogP contribution in [0.3, 0.4) is 0 Å². The van der Waals surface area contributed by atoms with Crippen molar-refractivity contribution in [2.45, 2.75) is 6.18 Å². The number of aromatic nitrogens is 3. The summed E-state index contributed by atoms with van der Waals surface area (Å²) in [6.07, 6.45) is -2.25. The summed E-state index contributed by atoms with van der Waals surface area (Å²) in [5.41, 5.74) is -0.0812. The van der Waals surface area contributed by atoms with Crippen LogP contribution in [-0.2, 0) is 15.7 Å². The van der Waals surface area contributed by atoms with Gasteiger partial charge in [0.2, 0.25) is 5.95 Å². The van der Waals surface area contributed by atoms with E-state index in [1.165, 1.54) is 6.20 Å². The molecule has 0 N–H and O–H groups in total. The lowest BCUT2D eigenvalue weighted by atomic mass is 10.1. The van der Waals surface area contributed by atoms with Gasteiger partial charge < -0.3 is 19.3 Å². The van der Waals surface area contributed by atoms with Crippen LogP contribution in [0.4, 0.5) is 24.9 Å². The van der Waals surface area contributed by atoms with Gasteiger partial charge in [0.05, 0.1) is 37.7 Å². The number of morpholine rings is 2. The van der Waals surface area contributed by atoms with Gasteiger partial charge in [-0.05, 0) is 6.07 Å². The lowest BCUT2D eigenvalue weighted by molar-refractivity contribution is -0.137.